The number of anilines is 1. The van der Waals surface area contributed by atoms with Crippen molar-refractivity contribution in [1.82, 2.24) is 4.98 Å². The Labute approximate surface area is 134 Å². The van der Waals surface area contributed by atoms with Gasteiger partial charge in [-0.3, -0.25) is 0 Å². The highest BCUT2D eigenvalue weighted by molar-refractivity contribution is 5.92. The number of hydrogen-bond acceptors (Lipinski definition) is 3. The first-order chi connectivity index (χ1) is 11.2. The van der Waals surface area contributed by atoms with Gasteiger partial charge >= 0.3 is 0 Å². The molecule has 1 aromatic heterocycles. The summed E-state index contributed by atoms with van der Waals surface area (Å²) in [5, 5.41) is 3.03. The summed E-state index contributed by atoms with van der Waals surface area (Å²) < 4.78 is 5.50. The van der Waals surface area contributed by atoms with E-state index in [4.69, 9.17) is 10.2 Å². The van der Waals surface area contributed by atoms with Crippen LogP contribution in [-0.4, -0.2) is 10.9 Å². The first-order valence-electron chi connectivity index (χ1n) is 7.34. The Morgan fingerprint density at radius 2 is 1.87 bits per heavy atom. The molecule has 0 saturated carbocycles. The monoisotopic (exact) mass is 306 g/mol. The van der Waals surface area contributed by atoms with E-state index in [9.17, 15) is 0 Å². The summed E-state index contributed by atoms with van der Waals surface area (Å²) in [7, 11) is 0. The fourth-order valence-corrected chi connectivity index (χ4v) is 2.08. The van der Waals surface area contributed by atoms with Crippen LogP contribution in [0, 0.1) is 6.92 Å². The number of benzene rings is 2. The van der Waals surface area contributed by atoms with Crippen LogP contribution in [0.25, 0.3) is 11.5 Å². The molecule has 0 radical (unpaired) electrons. The van der Waals surface area contributed by atoms with Crippen LogP contribution in [0.3, 0.4) is 0 Å². The minimum Gasteiger partial charge on any atom is -0.444 e. The highest BCUT2D eigenvalue weighted by atomic mass is 16.3. The number of guanidine groups is 1. The Kier molecular flexibility index (Phi) is 4.38. The summed E-state index contributed by atoms with van der Waals surface area (Å²) in [5.74, 6) is 0.931. The maximum absolute atomic E-state index is 5.87. The maximum Gasteiger partial charge on any atom is 0.226 e. The molecule has 1 heterocycles. The van der Waals surface area contributed by atoms with Crippen molar-refractivity contribution in [3.8, 4) is 11.5 Å². The van der Waals surface area contributed by atoms with Gasteiger partial charge in [0.25, 0.3) is 0 Å². The van der Waals surface area contributed by atoms with Crippen LogP contribution in [0.15, 0.2) is 70.3 Å². The third-order valence-electron chi connectivity index (χ3n) is 3.31. The highest BCUT2D eigenvalue weighted by Crippen LogP contribution is 2.19. The summed E-state index contributed by atoms with van der Waals surface area (Å²) in [6.45, 7) is 2.41. The van der Waals surface area contributed by atoms with E-state index in [-0.39, 0.29) is 0 Å². The van der Waals surface area contributed by atoms with E-state index in [1.165, 1.54) is 5.56 Å². The van der Waals surface area contributed by atoms with Gasteiger partial charge in [0.2, 0.25) is 5.89 Å². The summed E-state index contributed by atoms with van der Waals surface area (Å²) in [5.41, 5.74) is 9.65. The molecule has 23 heavy (non-hydrogen) atoms. The van der Waals surface area contributed by atoms with Crippen molar-refractivity contribution in [1.29, 1.82) is 0 Å². The van der Waals surface area contributed by atoms with Crippen LogP contribution in [0.1, 0.15) is 11.3 Å². The predicted molar refractivity (Wildman–Crippen MR) is 92.1 cm³/mol. The number of rotatable bonds is 4. The van der Waals surface area contributed by atoms with Gasteiger partial charge in [-0.1, -0.05) is 35.9 Å². The van der Waals surface area contributed by atoms with Crippen molar-refractivity contribution >= 4 is 11.6 Å². The van der Waals surface area contributed by atoms with Gasteiger partial charge in [-0.15, -0.1) is 0 Å². The lowest BCUT2D eigenvalue weighted by Gasteiger charge is -2.04. The van der Waals surface area contributed by atoms with Crippen LogP contribution in [0.2, 0.25) is 0 Å². The second-order valence-electron chi connectivity index (χ2n) is 5.20. The van der Waals surface area contributed by atoms with Gasteiger partial charge in [-0.05, 0) is 31.2 Å². The molecule has 0 bridgehead atoms. The van der Waals surface area contributed by atoms with Gasteiger partial charge < -0.3 is 15.5 Å². The number of nitrogens with zero attached hydrogens (tertiary/aromatic N) is 2. The molecule has 0 aliphatic rings. The Bertz CT molecular complexity index is 791. The van der Waals surface area contributed by atoms with Crippen molar-refractivity contribution in [2.45, 2.75) is 13.5 Å². The Hall–Kier alpha value is -3.08. The lowest BCUT2D eigenvalue weighted by Crippen LogP contribution is -2.22. The van der Waals surface area contributed by atoms with E-state index in [1.54, 1.807) is 6.26 Å². The van der Waals surface area contributed by atoms with Crippen LogP contribution in [-0.2, 0) is 6.54 Å². The number of hydrogen-bond donors (Lipinski definition) is 2. The summed E-state index contributed by atoms with van der Waals surface area (Å²) >= 11 is 0. The van der Waals surface area contributed by atoms with Gasteiger partial charge in [0.05, 0.1) is 6.54 Å². The smallest absolute Gasteiger partial charge is 0.226 e. The predicted octanol–water partition coefficient (Wildman–Crippen LogP) is 3.58. The van der Waals surface area contributed by atoms with E-state index in [1.807, 2.05) is 61.5 Å². The minimum absolute atomic E-state index is 0.344. The largest absolute Gasteiger partial charge is 0.444 e. The van der Waals surface area contributed by atoms with Gasteiger partial charge in [0.15, 0.2) is 5.96 Å². The van der Waals surface area contributed by atoms with Gasteiger partial charge in [0.1, 0.15) is 12.0 Å². The van der Waals surface area contributed by atoms with Crippen LogP contribution in [0.5, 0.6) is 0 Å². The molecule has 0 atom stereocenters. The molecule has 116 valence electrons. The van der Waals surface area contributed by atoms with Crippen molar-refractivity contribution in [3.05, 3.63) is 72.1 Å². The minimum atomic E-state index is 0.344. The number of nitrogens with one attached hydrogen (secondary N) is 1. The molecule has 0 spiro atoms. The zero-order valence-electron chi connectivity index (χ0n) is 12.9. The number of aliphatic imine (C=N–C) groups is 1. The normalized spacial score (nSPS) is 11.4. The molecule has 2 aromatic carbocycles. The number of para-hydroxylation sites is 1. The molecule has 3 aromatic rings. The third kappa shape index (κ3) is 3.97. The highest BCUT2D eigenvalue weighted by Gasteiger charge is 2.06. The maximum atomic E-state index is 5.87. The molecule has 0 saturated heterocycles. The Morgan fingerprint density at radius 1 is 1.13 bits per heavy atom. The summed E-state index contributed by atoms with van der Waals surface area (Å²) in [6.07, 6.45) is 1.61. The van der Waals surface area contributed by atoms with E-state index < -0.39 is 0 Å². The van der Waals surface area contributed by atoms with Crippen LogP contribution >= 0.6 is 0 Å². The SMILES string of the molecule is Cc1ccc(-c2nc(CN=C(N)Nc3ccccc3)co2)cc1. The topological polar surface area (TPSA) is 76.4 Å². The molecule has 5 heteroatoms. The average molecular weight is 306 g/mol. The summed E-state index contributed by atoms with van der Waals surface area (Å²) in [6, 6.07) is 17.7. The fourth-order valence-electron chi connectivity index (χ4n) is 2.08. The molecule has 0 unspecified atom stereocenters. The second kappa shape index (κ2) is 6.79. The molecular weight excluding hydrogens is 288 g/mol. The zero-order chi connectivity index (χ0) is 16.1. The van der Waals surface area contributed by atoms with Gasteiger partial charge in [-0.25, -0.2) is 9.98 Å². The van der Waals surface area contributed by atoms with E-state index >= 15 is 0 Å². The third-order valence-corrected chi connectivity index (χ3v) is 3.31. The first-order valence-corrected chi connectivity index (χ1v) is 7.34. The van der Waals surface area contributed by atoms with Crippen molar-refractivity contribution in [2.24, 2.45) is 10.7 Å². The molecule has 5 nitrogen and oxygen atoms in total. The quantitative estimate of drug-likeness (QED) is 0.570. The van der Waals surface area contributed by atoms with Crippen molar-refractivity contribution in [3.63, 3.8) is 0 Å². The van der Waals surface area contributed by atoms with Gasteiger partial charge in [0, 0.05) is 11.3 Å². The van der Waals surface area contributed by atoms with Crippen LogP contribution < -0.4 is 11.1 Å². The average Bonchev–Trinajstić information content (AvgIpc) is 3.04. The van der Waals surface area contributed by atoms with Crippen molar-refractivity contribution < 1.29 is 4.42 Å². The van der Waals surface area contributed by atoms with Crippen molar-refractivity contribution in [2.75, 3.05) is 5.32 Å². The molecule has 0 amide bonds. The fraction of sp³-hybridized carbons (Fsp3) is 0.111. The van der Waals surface area contributed by atoms with E-state index in [0.29, 0.717) is 18.4 Å². The standard InChI is InChI=1S/C18H18N4O/c1-13-7-9-14(10-8-13)17-21-16(12-23-17)11-20-18(19)22-15-5-3-2-4-6-15/h2-10,12H,11H2,1H3,(H3,19,20,22). The number of aryl methyl sites for hydroxylation is 1. The van der Waals surface area contributed by atoms with E-state index in [0.717, 1.165) is 16.9 Å². The molecule has 0 aliphatic heterocycles. The lowest BCUT2D eigenvalue weighted by atomic mass is 10.1. The number of aromatic nitrogens is 1. The molecule has 0 fully saturated rings. The molecule has 0 aliphatic carbocycles. The molecule has 3 N–H and O–H groups in total. The van der Waals surface area contributed by atoms with Crippen LogP contribution in [0.4, 0.5) is 5.69 Å². The Balaban J connectivity index is 1.64. The van der Waals surface area contributed by atoms with E-state index in [2.05, 4.69) is 15.3 Å². The summed E-state index contributed by atoms with van der Waals surface area (Å²) in [4.78, 5) is 8.70. The first kappa shape index (κ1) is 14.8. The zero-order valence-corrected chi connectivity index (χ0v) is 12.9. The molecule has 3 rings (SSSR count). The molecular formula is C18H18N4O. The number of nitrogens with two attached hydrogens (primary N) is 1. The number of oxazole rings is 1. The van der Waals surface area contributed by atoms with Gasteiger partial charge in [-0.2, -0.15) is 0 Å². The Morgan fingerprint density at radius 3 is 2.61 bits per heavy atom. The second-order valence-corrected chi connectivity index (χ2v) is 5.20. The lowest BCUT2D eigenvalue weighted by molar-refractivity contribution is 0.572.